The minimum Gasteiger partial charge on any atom is -0.496 e. The van der Waals surface area contributed by atoms with Crippen LogP contribution in [0.2, 0.25) is 0 Å². The smallest absolute Gasteiger partial charge is 0.342 e. The van der Waals surface area contributed by atoms with Crippen LogP contribution in [0.15, 0.2) is 54.6 Å². The monoisotopic (exact) mass is 256 g/mol. The normalized spacial score (nSPS) is 11.7. The molecule has 2 aromatic carbocycles. The van der Waals surface area contributed by atoms with Crippen LogP contribution in [0.5, 0.6) is 5.75 Å². The van der Waals surface area contributed by atoms with Gasteiger partial charge in [-0.1, -0.05) is 42.5 Å². The summed E-state index contributed by atoms with van der Waals surface area (Å²) < 4.78 is 10.6. The quantitative estimate of drug-likeness (QED) is 0.784. The summed E-state index contributed by atoms with van der Waals surface area (Å²) in [6.45, 7) is 1.85. The van der Waals surface area contributed by atoms with E-state index in [4.69, 9.17) is 9.47 Å². The van der Waals surface area contributed by atoms with Crippen molar-refractivity contribution in [2.75, 3.05) is 7.11 Å². The Balaban J connectivity index is 2.13. The molecule has 3 nitrogen and oxygen atoms in total. The van der Waals surface area contributed by atoms with Crippen molar-refractivity contribution in [3.05, 3.63) is 65.7 Å². The van der Waals surface area contributed by atoms with Gasteiger partial charge in [0.05, 0.1) is 7.11 Å². The molecular weight excluding hydrogens is 240 g/mol. The fraction of sp³-hybridized carbons (Fsp3) is 0.188. The number of esters is 1. The molecule has 0 fully saturated rings. The number of carbonyl (C=O) groups is 1. The third-order valence-electron chi connectivity index (χ3n) is 2.88. The number of ether oxygens (including phenoxy) is 2. The van der Waals surface area contributed by atoms with Gasteiger partial charge in [0.2, 0.25) is 0 Å². The van der Waals surface area contributed by atoms with Crippen molar-refractivity contribution in [1.82, 2.24) is 0 Å². The molecule has 0 aromatic heterocycles. The predicted octanol–water partition coefficient (Wildman–Crippen LogP) is 3.61. The van der Waals surface area contributed by atoms with Gasteiger partial charge in [-0.25, -0.2) is 4.79 Å². The molecule has 19 heavy (non-hydrogen) atoms. The lowest BCUT2D eigenvalue weighted by molar-refractivity contribution is 0.0334. The Hall–Kier alpha value is -2.29. The Kier molecular flexibility index (Phi) is 4.18. The summed E-state index contributed by atoms with van der Waals surface area (Å²) in [5, 5.41) is 0. The highest BCUT2D eigenvalue weighted by atomic mass is 16.5. The number of rotatable bonds is 4. The van der Waals surface area contributed by atoms with Crippen LogP contribution in [-0.4, -0.2) is 13.1 Å². The number of methoxy groups -OCH3 is 1. The molecule has 0 saturated carbocycles. The minimum atomic E-state index is -0.381. The van der Waals surface area contributed by atoms with Gasteiger partial charge in [-0.2, -0.15) is 0 Å². The Labute approximate surface area is 112 Å². The van der Waals surface area contributed by atoms with Crippen LogP contribution in [-0.2, 0) is 4.74 Å². The molecule has 0 aliphatic rings. The summed E-state index contributed by atoms with van der Waals surface area (Å²) in [7, 11) is 1.53. The predicted molar refractivity (Wildman–Crippen MR) is 73.3 cm³/mol. The number of hydrogen-bond acceptors (Lipinski definition) is 3. The first-order chi connectivity index (χ1) is 9.22. The second kappa shape index (κ2) is 6.05. The van der Waals surface area contributed by atoms with Gasteiger partial charge >= 0.3 is 5.97 Å². The van der Waals surface area contributed by atoms with Gasteiger partial charge in [0, 0.05) is 0 Å². The second-order valence-electron chi connectivity index (χ2n) is 4.16. The topological polar surface area (TPSA) is 35.5 Å². The maximum absolute atomic E-state index is 12.1. The first-order valence-corrected chi connectivity index (χ1v) is 6.11. The fourth-order valence-corrected chi connectivity index (χ4v) is 1.83. The SMILES string of the molecule is COc1ccccc1C(=O)OC(C)c1ccccc1. The minimum absolute atomic E-state index is 0.293. The van der Waals surface area contributed by atoms with Crippen LogP contribution >= 0.6 is 0 Å². The molecule has 0 radical (unpaired) electrons. The van der Waals surface area contributed by atoms with Gasteiger partial charge in [-0.15, -0.1) is 0 Å². The van der Waals surface area contributed by atoms with E-state index in [0.717, 1.165) is 5.56 Å². The highest BCUT2D eigenvalue weighted by Crippen LogP contribution is 2.22. The van der Waals surface area contributed by atoms with Crippen LogP contribution in [0.25, 0.3) is 0 Å². The van der Waals surface area contributed by atoms with Crippen molar-refractivity contribution < 1.29 is 14.3 Å². The van der Waals surface area contributed by atoms with Crippen LogP contribution < -0.4 is 4.74 Å². The molecule has 1 atom stereocenters. The van der Waals surface area contributed by atoms with E-state index in [0.29, 0.717) is 11.3 Å². The molecule has 3 heteroatoms. The Morgan fingerprint density at radius 3 is 2.32 bits per heavy atom. The summed E-state index contributed by atoms with van der Waals surface area (Å²) in [5.74, 6) is 0.140. The van der Waals surface area contributed by atoms with E-state index in [1.807, 2.05) is 43.3 Å². The lowest BCUT2D eigenvalue weighted by Gasteiger charge is -2.14. The standard InChI is InChI=1S/C16H16O3/c1-12(13-8-4-3-5-9-13)19-16(17)14-10-6-7-11-15(14)18-2/h3-12H,1-2H3. The van der Waals surface area contributed by atoms with Crippen molar-refractivity contribution in [2.45, 2.75) is 13.0 Å². The van der Waals surface area contributed by atoms with Crippen molar-refractivity contribution >= 4 is 5.97 Å². The summed E-state index contributed by atoms with van der Waals surface area (Å²) >= 11 is 0. The third kappa shape index (κ3) is 3.13. The number of carbonyl (C=O) groups excluding carboxylic acids is 1. The van der Waals surface area contributed by atoms with E-state index < -0.39 is 0 Å². The number of benzene rings is 2. The van der Waals surface area contributed by atoms with Crippen LogP contribution in [0.1, 0.15) is 28.9 Å². The summed E-state index contributed by atoms with van der Waals surface area (Å²) in [6, 6.07) is 16.7. The Morgan fingerprint density at radius 1 is 1.00 bits per heavy atom. The van der Waals surface area contributed by atoms with Gasteiger partial charge < -0.3 is 9.47 Å². The average Bonchev–Trinajstić information content (AvgIpc) is 2.48. The van der Waals surface area contributed by atoms with E-state index in [-0.39, 0.29) is 12.1 Å². The molecule has 0 heterocycles. The molecule has 0 N–H and O–H groups in total. The molecule has 0 spiro atoms. The highest BCUT2D eigenvalue weighted by molar-refractivity contribution is 5.92. The van der Waals surface area contributed by atoms with E-state index >= 15 is 0 Å². The molecule has 98 valence electrons. The summed E-state index contributed by atoms with van der Waals surface area (Å²) in [4.78, 5) is 12.1. The average molecular weight is 256 g/mol. The van der Waals surface area contributed by atoms with Crippen LogP contribution in [0, 0.1) is 0 Å². The lowest BCUT2D eigenvalue weighted by atomic mass is 10.1. The molecule has 2 aromatic rings. The second-order valence-corrected chi connectivity index (χ2v) is 4.16. The van der Waals surface area contributed by atoms with Gasteiger partial charge in [0.1, 0.15) is 17.4 Å². The van der Waals surface area contributed by atoms with Gasteiger partial charge in [0.15, 0.2) is 0 Å². The summed E-state index contributed by atoms with van der Waals surface area (Å²) in [6.07, 6.45) is -0.293. The zero-order valence-corrected chi connectivity index (χ0v) is 11.0. The van der Waals surface area contributed by atoms with Gasteiger partial charge in [-0.05, 0) is 24.6 Å². The maximum atomic E-state index is 12.1. The fourth-order valence-electron chi connectivity index (χ4n) is 1.83. The molecule has 0 bridgehead atoms. The van der Waals surface area contributed by atoms with E-state index in [1.165, 1.54) is 7.11 Å². The van der Waals surface area contributed by atoms with Crippen molar-refractivity contribution in [2.24, 2.45) is 0 Å². The lowest BCUT2D eigenvalue weighted by Crippen LogP contribution is -2.10. The number of para-hydroxylation sites is 1. The number of hydrogen-bond donors (Lipinski definition) is 0. The zero-order valence-electron chi connectivity index (χ0n) is 11.0. The molecule has 0 amide bonds. The van der Waals surface area contributed by atoms with Crippen molar-refractivity contribution in [3.8, 4) is 5.75 Å². The zero-order chi connectivity index (χ0) is 13.7. The van der Waals surface area contributed by atoms with E-state index in [2.05, 4.69) is 0 Å². The van der Waals surface area contributed by atoms with Gasteiger partial charge in [0.25, 0.3) is 0 Å². The molecule has 0 saturated heterocycles. The Bertz CT molecular complexity index is 549. The van der Waals surface area contributed by atoms with E-state index in [9.17, 15) is 4.79 Å². The largest absolute Gasteiger partial charge is 0.496 e. The van der Waals surface area contributed by atoms with Crippen LogP contribution in [0.3, 0.4) is 0 Å². The summed E-state index contributed by atoms with van der Waals surface area (Å²) in [5.41, 5.74) is 1.40. The highest BCUT2D eigenvalue weighted by Gasteiger charge is 2.16. The molecule has 1 unspecified atom stereocenters. The van der Waals surface area contributed by atoms with Crippen molar-refractivity contribution in [1.29, 1.82) is 0 Å². The van der Waals surface area contributed by atoms with Gasteiger partial charge in [-0.3, -0.25) is 0 Å². The third-order valence-corrected chi connectivity index (χ3v) is 2.88. The first kappa shape index (κ1) is 13.1. The first-order valence-electron chi connectivity index (χ1n) is 6.11. The molecule has 0 aliphatic heterocycles. The van der Waals surface area contributed by atoms with Crippen molar-refractivity contribution in [3.63, 3.8) is 0 Å². The molecule has 0 aliphatic carbocycles. The van der Waals surface area contributed by atoms with Crippen LogP contribution in [0.4, 0.5) is 0 Å². The molecule has 2 rings (SSSR count). The maximum Gasteiger partial charge on any atom is 0.342 e. The van der Waals surface area contributed by atoms with E-state index in [1.54, 1.807) is 18.2 Å². The Morgan fingerprint density at radius 2 is 1.63 bits per heavy atom. The molecular formula is C16H16O3.